The molecule has 1 aliphatic rings. The molecule has 0 saturated heterocycles. The summed E-state index contributed by atoms with van der Waals surface area (Å²) >= 11 is 0. The third kappa shape index (κ3) is 1.06. The average molecular weight is 143 g/mol. The second-order valence-corrected chi connectivity index (χ2v) is 9.80. The van der Waals surface area contributed by atoms with Gasteiger partial charge in [0.15, 0.2) is 0 Å². The topological polar surface area (TPSA) is 26.0 Å². The van der Waals surface area contributed by atoms with Crippen molar-refractivity contribution in [3.63, 3.8) is 0 Å². The fourth-order valence-electron chi connectivity index (χ4n) is 1.41. The van der Waals surface area contributed by atoms with Gasteiger partial charge < -0.3 is 5.73 Å². The van der Waals surface area contributed by atoms with Crippen molar-refractivity contribution in [2.24, 2.45) is 5.73 Å². The first kappa shape index (κ1) is 7.29. The molecule has 0 aromatic carbocycles. The molecule has 0 aliphatic heterocycles. The Labute approximate surface area is 58.6 Å². The highest BCUT2D eigenvalue weighted by Gasteiger charge is 2.51. The monoisotopic (exact) mass is 143 g/mol. The number of hydrogen-bond donors (Lipinski definition) is 1. The summed E-state index contributed by atoms with van der Waals surface area (Å²) in [5.41, 5.74) is 5.69. The van der Waals surface area contributed by atoms with Crippen molar-refractivity contribution in [3.05, 3.63) is 0 Å². The summed E-state index contributed by atoms with van der Waals surface area (Å²) < 4.78 is 0. The third-order valence-corrected chi connectivity index (χ3v) is 6.72. The normalized spacial score (nSPS) is 24.0. The zero-order chi connectivity index (χ0) is 7.12. The van der Waals surface area contributed by atoms with Crippen LogP contribution >= 0.6 is 0 Å². The molecule has 0 atom stereocenters. The summed E-state index contributed by atoms with van der Waals surface area (Å²) in [6.45, 7) is 8.20. The van der Waals surface area contributed by atoms with E-state index in [4.69, 9.17) is 5.73 Å². The van der Waals surface area contributed by atoms with Crippen LogP contribution in [0.25, 0.3) is 0 Å². The van der Waals surface area contributed by atoms with Gasteiger partial charge in [-0.15, -0.1) is 0 Å². The molecule has 0 aromatic rings. The predicted molar refractivity (Wildman–Crippen MR) is 44.3 cm³/mol. The molecule has 0 amide bonds. The maximum atomic E-state index is 5.69. The molecule has 2 N–H and O–H groups in total. The van der Waals surface area contributed by atoms with E-state index in [2.05, 4.69) is 19.6 Å². The van der Waals surface area contributed by atoms with E-state index in [9.17, 15) is 0 Å². The van der Waals surface area contributed by atoms with Gasteiger partial charge in [-0.05, 0) is 24.4 Å². The maximum absolute atomic E-state index is 5.69. The molecule has 0 bridgehead atoms. The molecule has 54 valence electrons. The van der Waals surface area contributed by atoms with Crippen LogP contribution in [0.3, 0.4) is 0 Å². The van der Waals surface area contributed by atoms with Crippen LogP contribution in [-0.4, -0.2) is 14.6 Å². The first-order valence-corrected chi connectivity index (χ1v) is 7.22. The lowest BCUT2D eigenvalue weighted by Gasteiger charge is -2.26. The highest BCUT2D eigenvalue weighted by Crippen LogP contribution is 2.59. The molecule has 0 aromatic heterocycles. The molecule has 0 unspecified atom stereocenters. The zero-order valence-electron chi connectivity index (χ0n) is 6.70. The van der Waals surface area contributed by atoms with Gasteiger partial charge in [-0.2, -0.15) is 0 Å². The van der Waals surface area contributed by atoms with Crippen molar-refractivity contribution >= 4 is 8.07 Å². The lowest BCUT2D eigenvalue weighted by Crippen LogP contribution is -2.34. The van der Waals surface area contributed by atoms with E-state index in [1.54, 1.807) is 0 Å². The van der Waals surface area contributed by atoms with E-state index < -0.39 is 8.07 Å². The van der Waals surface area contributed by atoms with Crippen LogP contribution in [0.4, 0.5) is 0 Å². The van der Waals surface area contributed by atoms with E-state index in [0.29, 0.717) is 5.04 Å². The smallest absolute Gasteiger partial charge is 0.0521 e. The summed E-state index contributed by atoms with van der Waals surface area (Å²) in [5, 5.41) is 0.646. The van der Waals surface area contributed by atoms with Gasteiger partial charge >= 0.3 is 0 Å². The first-order chi connectivity index (χ1) is 4.02. The third-order valence-electron chi connectivity index (χ3n) is 2.84. The minimum Gasteiger partial charge on any atom is -0.330 e. The Kier molecular flexibility index (Phi) is 1.48. The Morgan fingerprint density at radius 2 is 1.78 bits per heavy atom. The molecule has 2 heteroatoms. The highest BCUT2D eigenvalue weighted by atomic mass is 28.3. The summed E-state index contributed by atoms with van der Waals surface area (Å²) in [5.74, 6) is 0. The molecular weight excluding hydrogens is 126 g/mol. The summed E-state index contributed by atoms with van der Waals surface area (Å²) in [4.78, 5) is 0. The Hall–Kier alpha value is 0.177. The summed E-state index contributed by atoms with van der Waals surface area (Å²) in [7, 11) is -0.899. The van der Waals surface area contributed by atoms with Crippen molar-refractivity contribution in [2.75, 3.05) is 6.54 Å². The standard InChI is InChI=1S/C7H17NSi/c1-9(2,3)7(6-8)4-5-7/h4-6,8H2,1-3H3. The lowest BCUT2D eigenvalue weighted by molar-refractivity contribution is 0.829. The van der Waals surface area contributed by atoms with E-state index in [0.717, 1.165) is 6.54 Å². The SMILES string of the molecule is C[Si](C)(C)C1(CN)CC1. The van der Waals surface area contributed by atoms with E-state index in [-0.39, 0.29) is 0 Å². The van der Waals surface area contributed by atoms with Gasteiger partial charge in [0, 0.05) is 0 Å². The van der Waals surface area contributed by atoms with Crippen LogP contribution in [0.2, 0.25) is 24.7 Å². The van der Waals surface area contributed by atoms with Gasteiger partial charge in [-0.1, -0.05) is 19.6 Å². The first-order valence-electron chi connectivity index (χ1n) is 3.72. The van der Waals surface area contributed by atoms with Crippen LogP contribution in [0.1, 0.15) is 12.8 Å². The quantitative estimate of drug-likeness (QED) is 0.586. The van der Waals surface area contributed by atoms with Gasteiger partial charge in [0.1, 0.15) is 0 Å². The van der Waals surface area contributed by atoms with Crippen LogP contribution in [0, 0.1) is 0 Å². The van der Waals surface area contributed by atoms with Crippen molar-refractivity contribution < 1.29 is 0 Å². The molecule has 1 fully saturated rings. The fraction of sp³-hybridized carbons (Fsp3) is 1.00. The van der Waals surface area contributed by atoms with Crippen LogP contribution in [-0.2, 0) is 0 Å². The van der Waals surface area contributed by atoms with Crippen molar-refractivity contribution in [3.8, 4) is 0 Å². The average Bonchev–Trinajstić information content (AvgIpc) is 2.40. The second kappa shape index (κ2) is 1.83. The Bertz CT molecular complexity index is 111. The highest BCUT2D eigenvalue weighted by molar-refractivity contribution is 6.80. The molecule has 1 saturated carbocycles. The molecular formula is C7H17NSi. The molecule has 0 spiro atoms. The minimum absolute atomic E-state index is 0.646. The largest absolute Gasteiger partial charge is 0.330 e. The van der Waals surface area contributed by atoms with Crippen LogP contribution in [0.15, 0.2) is 0 Å². The van der Waals surface area contributed by atoms with Crippen LogP contribution in [0.5, 0.6) is 0 Å². The minimum atomic E-state index is -0.899. The summed E-state index contributed by atoms with van der Waals surface area (Å²) in [6, 6.07) is 0. The maximum Gasteiger partial charge on any atom is 0.0521 e. The second-order valence-electron chi connectivity index (χ2n) is 4.23. The molecule has 1 nitrogen and oxygen atoms in total. The van der Waals surface area contributed by atoms with Gasteiger partial charge in [0.25, 0.3) is 0 Å². The van der Waals surface area contributed by atoms with Gasteiger partial charge in [-0.3, -0.25) is 0 Å². The molecule has 9 heavy (non-hydrogen) atoms. The van der Waals surface area contributed by atoms with Crippen LogP contribution < -0.4 is 5.73 Å². The van der Waals surface area contributed by atoms with Crippen molar-refractivity contribution in [1.29, 1.82) is 0 Å². The van der Waals surface area contributed by atoms with E-state index in [1.807, 2.05) is 0 Å². The lowest BCUT2D eigenvalue weighted by atomic mass is 10.4. The van der Waals surface area contributed by atoms with Gasteiger partial charge in [0.05, 0.1) is 8.07 Å². The number of rotatable bonds is 2. The van der Waals surface area contributed by atoms with E-state index >= 15 is 0 Å². The molecule has 1 aliphatic carbocycles. The zero-order valence-corrected chi connectivity index (χ0v) is 7.70. The van der Waals surface area contributed by atoms with Crippen molar-refractivity contribution in [2.45, 2.75) is 37.5 Å². The predicted octanol–water partition coefficient (Wildman–Crippen LogP) is 1.82. The van der Waals surface area contributed by atoms with E-state index in [1.165, 1.54) is 12.8 Å². The van der Waals surface area contributed by atoms with Gasteiger partial charge in [-0.25, -0.2) is 0 Å². The summed E-state index contributed by atoms with van der Waals surface area (Å²) in [6.07, 6.45) is 2.80. The Morgan fingerprint density at radius 1 is 1.33 bits per heavy atom. The Morgan fingerprint density at radius 3 is 1.78 bits per heavy atom. The van der Waals surface area contributed by atoms with Gasteiger partial charge in [0.2, 0.25) is 0 Å². The Balaban J connectivity index is 2.60. The fourth-order valence-corrected chi connectivity index (χ4v) is 3.65. The number of nitrogens with two attached hydrogens (primary N) is 1. The molecule has 0 radical (unpaired) electrons. The van der Waals surface area contributed by atoms with Crippen molar-refractivity contribution in [1.82, 2.24) is 0 Å². The molecule has 1 rings (SSSR count). The molecule has 0 heterocycles. The number of hydrogen-bond acceptors (Lipinski definition) is 1.